The molecule has 690 valence electrons. The van der Waals surface area contributed by atoms with E-state index in [-0.39, 0.29) is 110 Å². The molecule has 0 radical (unpaired) electrons. The van der Waals surface area contributed by atoms with Crippen molar-refractivity contribution in [2.24, 2.45) is 0 Å². The van der Waals surface area contributed by atoms with E-state index < -0.39 is 0 Å². The van der Waals surface area contributed by atoms with Crippen LogP contribution < -0.4 is 65.9 Å². The van der Waals surface area contributed by atoms with Crippen LogP contribution in [-0.2, 0) is 36.4 Å². The molecule has 18 rings (SSSR count). The first-order valence-corrected chi connectivity index (χ1v) is 45.5. The number of methoxy groups -OCH3 is 3. The quantitative estimate of drug-likeness (QED) is 0.0386. The van der Waals surface area contributed by atoms with Crippen LogP contribution in [0, 0.1) is 22.7 Å². The SMILES string of the molecule is CCNC1(c2ccccc2)CCC2(CC1)CN(c1cnc(C#N)nc1OC)C(=O)N2.CCNC1(c2ccccc2)CCC2(CC1)CN(c1cnc(C#N)nc1OC)C(=O)N2.CN(C)C1(c2ccccc2)CCC2(CC1)CN(c1cnc(C(=O)N3CCOCC3)nc1)C(=O)N2.COC(=O)CN1CCN(c2ncc(N3CC4(CCC(c5ccccc5)(N(C)C)CC4)NC3=O)cn2)CC1. The second-order valence-electron chi connectivity index (χ2n) is 36.4. The maximum absolute atomic E-state index is 13.0. The molecule has 9 amide bonds. The lowest BCUT2D eigenvalue weighted by Crippen LogP contribution is -2.54. The summed E-state index contributed by atoms with van der Waals surface area (Å²) in [5.74, 6) is 0.864. The van der Waals surface area contributed by atoms with Gasteiger partial charge < -0.3 is 60.6 Å². The number of nitrogens with zero attached hydrogens (tertiary/aromatic N) is 19. The van der Waals surface area contributed by atoms with Gasteiger partial charge in [-0.25, -0.2) is 49.1 Å². The summed E-state index contributed by atoms with van der Waals surface area (Å²) < 4.78 is 20.7. The van der Waals surface area contributed by atoms with E-state index in [2.05, 4.69) is 237 Å². The largest absolute Gasteiger partial charge is 0.479 e. The zero-order chi connectivity index (χ0) is 92.2. The number of nitrogens with one attached hydrogen (secondary N) is 6. The molecule has 0 unspecified atom stereocenters. The van der Waals surface area contributed by atoms with Gasteiger partial charge in [0.1, 0.15) is 23.5 Å². The van der Waals surface area contributed by atoms with Crippen molar-refractivity contribution in [3.8, 4) is 23.9 Å². The molecular formula is C96H121N25O10. The summed E-state index contributed by atoms with van der Waals surface area (Å²) in [5.41, 5.74) is 6.24. The van der Waals surface area contributed by atoms with Crippen molar-refractivity contribution in [3.63, 3.8) is 0 Å². The smallest absolute Gasteiger partial charge is 0.322 e. The summed E-state index contributed by atoms with van der Waals surface area (Å²) in [6.45, 7) is 13.7. The molecule has 4 aliphatic carbocycles. The number of piperazine rings is 1. The molecule has 8 aromatic rings. The molecule has 0 atom stereocenters. The normalized spacial score (nSPS) is 26.4. The lowest BCUT2D eigenvalue weighted by Gasteiger charge is -2.48. The van der Waals surface area contributed by atoms with Crippen molar-refractivity contribution in [1.29, 1.82) is 10.5 Å². The first-order valence-electron chi connectivity index (χ1n) is 45.5. The van der Waals surface area contributed by atoms with Crippen molar-refractivity contribution in [1.82, 2.24) is 91.4 Å². The van der Waals surface area contributed by atoms with Gasteiger partial charge in [-0.15, -0.1) is 0 Å². The Morgan fingerprint density at radius 3 is 1.13 bits per heavy atom. The highest BCUT2D eigenvalue weighted by atomic mass is 16.5. The highest BCUT2D eigenvalue weighted by Crippen LogP contribution is 2.51. The fraction of sp³-hybridized carbons (Fsp3) is 0.500. The fourth-order valence-corrected chi connectivity index (χ4v) is 21.1. The Morgan fingerprint density at radius 1 is 0.443 bits per heavy atom. The number of hydrogen-bond acceptors (Lipinski definition) is 26. The molecule has 131 heavy (non-hydrogen) atoms. The van der Waals surface area contributed by atoms with Gasteiger partial charge in [0.15, 0.2) is 0 Å². The molecule has 35 heteroatoms. The van der Waals surface area contributed by atoms with Gasteiger partial charge in [0.2, 0.25) is 35.2 Å². The van der Waals surface area contributed by atoms with Crippen LogP contribution in [0.1, 0.15) is 161 Å². The monoisotopic (exact) mass is 1780 g/mol. The molecule has 10 heterocycles. The summed E-state index contributed by atoms with van der Waals surface area (Å²) >= 11 is 0. The summed E-state index contributed by atoms with van der Waals surface area (Å²) in [4.78, 5) is 127. The standard InChI is InChI=1S/C27H37N7O3.C25H32N6O3.2C22H26N6O2/c1-31(2)27(21-7-5-4-6-8-21)11-9-26(10-12-27)20-34(25(36)30-26)22-17-28-24(29-18-22)33-15-13-32(14-16-33)19-23(35)37-3;1-29(2)25(19-6-4-3-5-7-19)10-8-24(9-11-25)18-31(23(33)28-24)20-16-26-21(27-17-20)22(32)30-12-14-34-15-13-30;2*1-3-25-22(16-7-5-4-6-8-16)11-9-21(10-12-22)15-28(20(29)27-21)17-14-24-18(13-23)26-19(17)30-2/h4-8,17-18H,9-16,19-20H2,1-3H3,(H,30,36);3-7,16-17H,8-15,18H2,1-2H3,(H,28,33);2*4-8,14,25H,3,9-12,15H2,1-2H3,(H,27,29). The average Bonchev–Trinajstić information content (AvgIpc) is 1.66. The van der Waals surface area contributed by atoms with Crippen molar-refractivity contribution in [2.45, 2.75) is 161 Å². The van der Waals surface area contributed by atoms with Gasteiger partial charge in [0.25, 0.3) is 5.91 Å². The molecule has 4 saturated carbocycles. The van der Waals surface area contributed by atoms with Crippen molar-refractivity contribution < 1.29 is 47.7 Å². The van der Waals surface area contributed by atoms with Crippen molar-refractivity contribution in [2.75, 3.05) is 172 Å². The highest BCUT2D eigenvalue weighted by molar-refractivity contribution is 5.98. The molecule has 10 aliphatic rings. The Labute approximate surface area is 765 Å². The minimum atomic E-state index is -0.302. The summed E-state index contributed by atoms with van der Waals surface area (Å²) in [6.07, 6.45) is 24.3. The molecular weight excluding hydrogens is 1660 g/mol. The Kier molecular flexibility index (Phi) is 28.4. The number of aromatic nitrogens is 8. The summed E-state index contributed by atoms with van der Waals surface area (Å²) in [7, 11) is 12.9. The van der Waals surface area contributed by atoms with E-state index in [4.69, 9.17) is 29.5 Å². The number of carbonyl (C=O) groups excluding carboxylic acids is 6. The zero-order valence-electron chi connectivity index (χ0n) is 76.5. The number of amides is 9. The third-order valence-electron chi connectivity index (χ3n) is 28.8. The fourth-order valence-electron chi connectivity index (χ4n) is 21.1. The second-order valence-corrected chi connectivity index (χ2v) is 36.4. The molecule has 4 aromatic carbocycles. The zero-order valence-corrected chi connectivity index (χ0v) is 76.5. The number of hydrogen-bond donors (Lipinski definition) is 6. The number of ether oxygens (including phenoxy) is 4. The minimum Gasteiger partial charge on any atom is -0.479 e. The number of esters is 1. The van der Waals surface area contributed by atoms with Crippen LogP contribution in [0.4, 0.5) is 47.9 Å². The number of nitriles is 2. The molecule has 0 bridgehead atoms. The number of anilines is 5. The van der Waals surface area contributed by atoms with E-state index in [0.717, 1.165) is 148 Å². The van der Waals surface area contributed by atoms with Gasteiger partial charge in [-0.1, -0.05) is 135 Å². The number of rotatable bonds is 20. The van der Waals surface area contributed by atoms with E-state index >= 15 is 0 Å². The molecule has 10 fully saturated rings. The lowest BCUT2D eigenvalue weighted by atomic mass is 9.69. The highest BCUT2D eigenvalue weighted by Gasteiger charge is 2.55. The van der Waals surface area contributed by atoms with Gasteiger partial charge in [-0.2, -0.15) is 20.5 Å². The molecule has 4 spiro atoms. The predicted molar refractivity (Wildman–Crippen MR) is 494 cm³/mol. The molecule has 6 N–H and O–H groups in total. The lowest BCUT2D eigenvalue weighted by molar-refractivity contribution is -0.142. The van der Waals surface area contributed by atoms with Gasteiger partial charge in [0.05, 0.1) is 138 Å². The van der Waals surface area contributed by atoms with Gasteiger partial charge >= 0.3 is 30.1 Å². The van der Waals surface area contributed by atoms with E-state index in [9.17, 15) is 28.8 Å². The number of benzene rings is 4. The summed E-state index contributed by atoms with van der Waals surface area (Å²) in [6, 6.07) is 45.7. The number of carbonyl (C=O) groups is 6. The number of urea groups is 4. The Bertz CT molecular complexity index is 5220. The first-order chi connectivity index (χ1) is 63.4. The molecule has 6 aliphatic heterocycles. The third kappa shape index (κ3) is 19.7. The Hall–Kier alpha value is -12.6. The van der Waals surface area contributed by atoms with Crippen molar-refractivity contribution in [3.05, 3.63) is 198 Å². The number of morpholine rings is 1. The first kappa shape index (κ1) is 93.1. The summed E-state index contributed by atoms with van der Waals surface area (Å²) in [5, 5.41) is 38.5. The van der Waals surface area contributed by atoms with Crippen LogP contribution in [-0.4, -0.2) is 265 Å². The maximum Gasteiger partial charge on any atom is 0.322 e. The Balaban J connectivity index is 0.000000134. The van der Waals surface area contributed by atoms with Crippen LogP contribution in [0.15, 0.2) is 159 Å². The van der Waals surface area contributed by atoms with E-state index in [0.29, 0.717) is 82.0 Å². The van der Waals surface area contributed by atoms with Gasteiger partial charge in [0, 0.05) is 61.4 Å². The van der Waals surface area contributed by atoms with E-state index in [1.54, 1.807) is 49.3 Å². The van der Waals surface area contributed by atoms with Crippen LogP contribution in [0.5, 0.6) is 11.8 Å². The Morgan fingerprint density at radius 2 is 0.786 bits per heavy atom. The maximum atomic E-state index is 13.0. The molecule has 4 aromatic heterocycles. The molecule has 35 nitrogen and oxygen atoms in total. The average molecular weight is 1790 g/mol. The second kappa shape index (κ2) is 40.0. The van der Waals surface area contributed by atoms with Gasteiger partial charge in [-0.3, -0.25) is 43.9 Å². The third-order valence-corrected chi connectivity index (χ3v) is 28.8. The van der Waals surface area contributed by atoms with Crippen LogP contribution >= 0.6 is 0 Å². The van der Waals surface area contributed by atoms with Crippen molar-refractivity contribution >= 4 is 64.7 Å². The van der Waals surface area contributed by atoms with E-state index in [1.165, 1.54) is 56.0 Å². The molecule has 6 saturated heterocycles. The van der Waals surface area contributed by atoms with Gasteiger partial charge in [-0.05, 0) is 166 Å². The minimum absolute atomic E-state index is 0.0147. The topological polar surface area (TPSA) is 391 Å². The predicted octanol–water partition coefficient (Wildman–Crippen LogP) is 9.73. The van der Waals surface area contributed by atoms with Crippen LogP contribution in [0.2, 0.25) is 0 Å². The van der Waals surface area contributed by atoms with Crippen LogP contribution in [0.3, 0.4) is 0 Å². The van der Waals surface area contributed by atoms with E-state index in [1.807, 2.05) is 30.3 Å². The van der Waals surface area contributed by atoms with Crippen LogP contribution in [0.25, 0.3) is 0 Å².